The Bertz CT molecular complexity index is 1050. The van der Waals surface area contributed by atoms with E-state index in [2.05, 4.69) is 36.2 Å². The van der Waals surface area contributed by atoms with Crippen LogP contribution in [0.15, 0.2) is 61.2 Å². The Balaban J connectivity index is 1.85. The zero-order valence-electron chi connectivity index (χ0n) is 22.5. The van der Waals surface area contributed by atoms with Crippen LogP contribution in [0, 0.1) is 5.41 Å². The van der Waals surface area contributed by atoms with Crippen LogP contribution in [0.1, 0.15) is 23.5 Å². The number of benzene rings is 2. The number of fused-ring (bicyclic) bond motifs is 3. The lowest BCUT2D eigenvalue weighted by Crippen LogP contribution is -2.64. The fourth-order valence-electron chi connectivity index (χ4n) is 5.89. The molecule has 0 saturated heterocycles. The van der Waals surface area contributed by atoms with Crippen LogP contribution in [0.4, 0.5) is 4.79 Å². The predicted octanol–water partition coefficient (Wildman–Crippen LogP) is 3.95. The lowest BCUT2D eigenvalue weighted by Gasteiger charge is -2.45. The summed E-state index contributed by atoms with van der Waals surface area (Å²) in [5, 5.41) is 13.0. The van der Waals surface area contributed by atoms with Gasteiger partial charge in [0.1, 0.15) is 18.1 Å². The third-order valence-electron chi connectivity index (χ3n) is 6.59. The number of carboxylic acids is 1. The van der Waals surface area contributed by atoms with E-state index >= 15 is 0 Å². The van der Waals surface area contributed by atoms with Gasteiger partial charge < -0.3 is 24.1 Å². The summed E-state index contributed by atoms with van der Waals surface area (Å²) in [7, 11) is 12.2. The van der Waals surface area contributed by atoms with Gasteiger partial charge in [-0.25, -0.2) is 9.59 Å². The maximum atomic E-state index is 13.1. The molecule has 0 bridgehead atoms. The van der Waals surface area contributed by atoms with Crippen LogP contribution < -0.4 is 5.32 Å². The van der Waals surface area contributed by atoms with E-state index < -0.39 is 23.5 Å². The molecule has 1 aliphatic carbocycles. The number of aliphatic carboxylic acids is 1. The number of carboxylic acid groups (broad SMARTS) is 1. The molecule has 1 amide bonds. The highest BCUT2D eigenvalue weighted by atomic mass is 16.5. The molecule has 2 aromatic rings. The molecule has 0 aromatic heterocycles. The lowest BCUT2D eigenvalue weighted by molar-refractivity contribution is -0.902. The van der Waals surface area contributed by atoms with Crippen molar-refractivity contribution in [3.05, 3.63) is 72.3 Å². The van der Waals surface area contributed by atoms with Crippen LogP contribution in [0.3, 0.4) is 0 Å². The van der Waals surface area contributed by atoms with Crippen LogP contribution in [0.25, 0.3) is 11.1 Å². The molecule has 194 valence electrons. The Hall–Kier alpha value is -3.16. The number of hydrogen-bond donors (Lipinski definition) is 2. The van der Waals surface area contributed by atoms with Crippen molar-refractivity contribution >= 4 is 12.1 Å². The third kappa shape index (κ3) is 6.33. The largest absolute Gasteiger partial charge is 0.480 e. The van der Waals surface area contributed by atoms with E-state index in [1.165, 1.54) is 0 Å². The standard InChI is InChI=1S/C29H39N3O4/c1-8-17-29(19-31(2,3)4,20-32(5,6)7)26(27(33)34)30-28(35)36-18-25-23-15-11-9-13-21(23)22-14-10-12-16-24(22)25/h8-16,25-26H,1,17-20H2,2-7H3/p+2/t26-/m1/s1. The molecule has 1 aliphatic rings. The third-order valence-corrected chi connectivity index (χ3v) is 6.59. The minimum Gasteiger partial charge on any atom is -0.480 e. The number of amides is 1. The van der Waals surface area contributed by atoms with Crippen LogP contribution in [0.2, 0.25) is 0 Å². The van der Waals surface area contributed by atoms with Crippen LogP contribution >= 0.6 is 0 Å². The number of allylic oxidation sites excluding steroid dienone is 1. The molecular weight excluding hydrogens is 454 g/mol. The highest BCUT2D eigenvalue weighted by Crippen LogP contribution is 2.44. The van der Waals surface area contributed by atoms with Crippen molar-refractivity contribution in [2.24, 2.45) is 5.41 Å². The Labute approximate surface area is 215 Å². The van der Waals surface area contributed by atoms with Crippen molar-refractivity contribution in [2.75, 3.05) is 62.0 Å². The fourth-order valence-corrected chi connectivity index (χ4v) is 5.89. The monoisotopic (exact) mass is 495 g/mol. The molecule has 0 spiro atoms. The van der Waals surface area contributed by atoms with Gasteiger partial charge in [0.15, 0.2) is 0 Å². The van der Waals surface area contributed by atoms with Crippen LogP contribution in [0.5, 0.6) is 0 Å². The smallest absolute Gasteiger partial charge is 0.407 e. The minimum absolute atomic E-state index is 0.0955. The number of nitrogens with zero attached hydrogens (tertiary/aromatic N) is 2. The maximum absolute atomic E-state index is 13.1. The van der Waals surface area contributed by atoms with Crippen molar-refractivity contribution in [1.82, 2.24) is 5.32 Å². The van der Waals surface area contributed by atoms with E-state index in [4.69, 9.17) is 4.74 Å². The van der Waals surface area contributed by atoms with E-state index in [1.807, 2.05) is 66.6 Å². The number of alkyl carbamates (subject to hydrolysis) is 1. The zero-order chi connectivity index (χ0) is 26.7. The first-order valence-corrected chi connectivity index (χ1v) is 12.3. The highest BCUT2D eigenvalue weighted by molar-refractivity contribution is 5.81. The summed E-state index contributed by atoms with van der Waals surface area (Å²) in [5.41, 5.74) is 3.73. The van der Waals surface area contributed by atoms with Gasteiger partial charge in [0.25, 0.3) is 0 Å². The molecule has 2 aromatic carbocycles. The molecule has 0 radical (unpaired) electrons. The molecule has 0 unspecified atom stereocenters. The average Bonchev–Trinajstić information content (AvgIpc) is 3.07. The molecule has 2 N–H and O–H groups in total. The van der Waals surface area contributed by atoms with E-state index in [0.717, 1.165) is 22.3 Å². The fraction of sp³-hybridized carbons (Fsp3) is 0.448. The molecule has 0 fully saturated rings. The van der Waals surface area contributed by atoms with Crippen LogP contribution in [-0.4, -0.2) is 94.2 Å². The van der Waals surface area contributed by atoms with Gasteiger partial charge in [-0.05, 0) is 28.7 Å². The van der Waals surface area contributed by atoms with E-state index in [0.29, 0.717) is 28.5 Å². The maximum Gasteiger partial charge on any atom is 0.407 e. The average molecular weight is 496 g/mol. The summed E-state index contributed by atoms with van der Waals surface area (Å²) in [6.07, 6.45) is 1.47. The molecule has 0 heterocycles. The summed E-state index contributed by atoms with van der Waals surface area (Å²) in [5.74, 6) is -1.17. The molecule has 36 heavy (non-hydrogen) atoms. The quantitative estimate of drug-likeness (QED) is 0.366. The predicted molar refractivity (Wildman–Crippen MR) is 143 cm³/mol. The Morgan fingerprint density at radius 2 is 1.44 bits per heavy atom. The van der Waals surface area contributed by atoms with Crippen molar-refractivity contribution in [1.29, 1.82) is 0 Å². The van der Waals surface area contributed by atoms with Crippen molar-refractivity contribution in [3.8, 4) is 11.1 Å². The first kappa shape index (κ1) is 27.4. The SMILES string of the molecule is C=CCC(C[N+](C)(C)C)(C[N+](C)(C)C)[C@H](NC(=O)OCC1c2ccccc2-c2ccccc21)C(=O)O. The number of hydrogen-bond acceptors (Lipinski definition) is 3. The van der Waals surface area contributed by atoms with E-state index in [9.17, 15) is 14.7 Å². The molecule has 1 atom stereocenters. The van der Waals surface area contributed by atoms with E-state index in [-0.39, 0.29) is 12.5 Å². The van der Waals surface area contributed by atoms with Gasteiger partial charge in [0.2, 0.25) is 0 Å². The summed E-state index contributed by atoms with van der Waals surface area (Å²) >= 11 is 0. The molecule has 7 heteroatoms. The number of rotatable bonds is 11. The van der Waals surface area contributed by atoms with Crippen molar-refractivity contribution < 1.29 is 28.4 Å². The van der Waals surface area contributed by atoms with Gasteiger partial charge in [-0.15, -0.1) is 6.58 Å². The first-order chi connectivity index (χ1) is 16.8. The Morgan fingerprint density at radius 3 is 1.86 bits per heavy atom. The number of ether oxygens (including phenoxy) is 1. The minimum atomic E-state index is -1.14. The molecular formula is C29H41N3O4+2. The zero-order valence-corrected chi connectivity index (χ0v) is 22.5. The summed E-state index contributed by atoms with van der Waals surface area (Å²) < 4.78 is 6.80. The topological polar surface area (TPSA) is 75.6 Å². The Morgan fingerprint density at radius 1 is 0.972 bits per heavy atom. The van der Waals surface area contributed by atoms with E-state index in [1.54, 1.807) is 6.08 Å². The highest BCUT2D eigenvalue weighted by Gasteiger charge is 2.51. The van der Waals surface area contributed by atoms with Crippen molar-refractivity contribution in [2.45, 2.75) is 18.4 Å². The van der Waals surface area contributed by atoms with Crippen LogP contribution in [-0.2, 0) is 9.53 Å². The second-order valence-corrected chi connectivity index (χ2v) is 12.0. The van der Waals surface area contributed by atoms with Gasteiger partial charge in [-0.3, -0.25) is 0 Å². The molecule has 3 rings (SSSR count). The second-order valence-electron chi connectivity index (χ2n) is 12.0. The molecule has 0 aliphatic heterocycles. The number of quaternary nitrogens is 2. The lowest BCUT2D eigenvalue weighted by atomic mass is 9.75. The van der Waals surface area contributed by atoms with Gasteiger partial charge >= 0.3 is 12.1 Å². The van der Waals surface area contributed by atoms with Crippen molar-refractivity contribution in [3.63, 3.8) is 0 Å². The second kappa shape index (κ2) is 10.4. The van der Waals surface area contributed by atoms with Gasteiger partial charge in [-0.1, -0.05) is 54.6 Å². The Kier molecular flexibility index (Phi) is 7.96. The molecule has 0 saturated carbocycles. The summed E-state index contributed by atoms with van der Waals surface area (Å²) in [4.78, 5) is 25.7. The molecule has 7 nitrogen and oxygen atoms in total. The first-order valence-electron chi connectivity index (χ1n) is 12.3. The number of carbonyl (C=O) groups excluding carboxylic acids is 1. The number of nitrogens with one attached hydrogen (secondary N) is 1. The summed E-state index contributed by atoms with van der Waals surface area (Å²) in [6, 6.07) is 15.1. The number of carbonyl (C=O) groups is 2. The summed E-state index contributed by atoms with van der Waals surface area (Å²) in [6.45, 7) is 5.11. The van der Waals surface area contributed by atoms with Gasteiger partial charge in [0, 0.05) is 5.92 Å². The van der Waals surface area contributed by atoms with Gasteiger partial charge in [0.05, 0.1) is 55.4 Å². The van der Waals surface area contributed by atoms with Gasteiger partial charge in [-0.2, -0.15) is 0 Å². The normalized spacial score (nSPS) is 14.5.